The number of hydrogen-bond acceptors (Lipinski definition) is 5. The number of piperidine rings is 1. The zero-order valence-corrected chi connectivity index (χ0v) is 24.9. The van der Waals surface area contributed by atoms with Crippen LogP contribution in [0.5, 0.6) is 0 Å². The molecule has 2 atom stereocenters. The third-order valence-corrected chi connectivity index (χ3v) is 7.74. The molecule has 4 rings (SSSR count). The van der Waals surface area contributed by atoms with Crippen LogP contribution in [-0.4, -0.2) is 77.1 Å². The van der Waals surface area contributed by atoms with Gasteiger partial charge in [0.1, 0.15) is 17.9 Å². The molecular weight excluding hydrogens is 589 g/mol. The summed E-state index contributed by atoms with van der Waals surface area (Å²) in [6, 6.07) is 11.0. The number of H-pyrrole nitrogens is 1. The number of nitrogens with zero attached hydrogens (tertiary/aromatic N) is 1. The molecule has 1 fully saturated rings. The highest BCUT2D eigenvalue weighted by Gasteiger charge is 2.44. The molecule has 1 aromatic heterocycles. The standard InChI is InChI=1S/C32H37F3N6O4/c1-2-27(42)40-26(16-20-9-8-10-21(15-20)30(36)41-13-6-3-7-14-41)31(45)38-19-28(43)39-25(29(44)32(33,34)35)17-22-18-37-24-12-5-4-11-23(22)24/h4-5,8-12,15,18,25-26,36-37H,2-3,6-7,13-14,16-17,19H2,1H3,(H,38,45)(H,39,43)(H,40,42). The van der Waals surface area contributed by atoms with Gasteiger partial charge in [-0.3, -0.25) is 24.6 Å². The van der Waals surface area contributed by atoms with E-state index in [0.717, 1.165) is 32.4 Å². The monoisotopic (exact) mass is 626 g/mol. The van der Waals surface area contributed by atoms with Gasteiger partial charge < -0.3 is 25.8 Å². The lowest BCUT2D eigenvalue weighted by Gasteiger charge is -2.29. The van der Waals surface area contributed by atoms with Gasteiger partial charge in [0.05, 0.1) is 6.54 Å². The minimum absolute atomic E-state index is 0.0516. The van der Waals surface area contributed by atoms with Crippen LogP contribution in [0.2, 0.25) is 0 Å². The Morgan fingerprint density at radius 3 is 2.36 bits per heavy atom. The quantitative estimate of drug-likeness (QED) is 0.155. The normalized spacial score (nSPS) is 14.8. The molecule has 45 heavy (non-hydrogen) atoms. The van der Waals surface area contributed by atoms with Gasteiger partial charge in [0, 0.05) is 55.0 Å². The van der Waals surface area contributed by atoms with Gasteiger partial charge >= 0.3 is 6.18 Å². The molecule has 0 aliphatic carbocycles. The van der Waals surface area contributed by atoms with Crippen molar-refractivity contribution in [3.63, 3.8) is 0 Å². The van der Waals surface area contributed by atoms with Crippen molar-refractivity contribution in [2.45, 2.75) is 63.7 Å². The number of aromatic amines is 1. The number of amidine groups is 1. The number of ketones is 1. The molecule has 2 unspecified atom stereocenters. The maximum atomic E-state index is 13.4. The van der Waals surface area contributed by atoms with Crippen molar-refractivity contribution in [1.29, 1.82) is 5.41 Å². The summed E-state index contributed by atoms with van der Waals surface area (Å²) in [6.07, 6.45) is -0.834. The van der Waals surface area contributed by atoms with Crippen LogP contribution in [0.1, 0.15) is 49.3 Å². The van der Waals surface area contributed by atoms with Gasteiger partial charge in [0.15, 0.2) is 0 Å². The van der Waals surface area contributed by atoms with Crippen molar-refractivity contribution >= 4 is 40.2 Å². The number of para-hydroxylation sites is 1. The van der Waals surface area contributed by atoms with E-state index in [1.54, 1.807) is 55.5 Å². The van der Waals surface area contributed by atoms with Gasteiger partial charge in [-0.15, -0.1) is 0 Å². The fourth-order valence-electron chi connectivity index (χ4n) is 5.35. The number of likely N-dealkylation sites (tertiary alicyclic amines) is 1. The van der Waals surface area contributed by atoms with Crippen LogP contribution in [0, 0.1) is 5.41 Å². The summed E-state index contributed by atoms with van der Waals surface area (Å²) in [7, 11) is 0. The van der Waals surface area contributed by atoms with Gasteiger partial charge in [-0.1, -0.05) is 43.3 Å². The number of Topliss-reactive ketones (excluding diaryl/α,β-unsaturated/α-hetero) is 1. The lowest BCUT2D eigenvalue weighted by atomic mass is 10.0. The summed E-state index contributed by atoms with van der Waals surface area (Å²) in [6.45, 7) is 2.48. The fraction of sp³-hybridized carbons (Fsp3) is 0.406. The SMILES string of the molecule is CCC(=O)NC(Cc1cccc(C(=N)N2CCCCC2)c1)C(=O)NCC(=O)NC(Cc1c[nH]c2ccccc12)C(=O)C(F)(F)F. The molecule has 13 heteroatoms. The van der Waals surface area contributed by atoms with E-state index >= 15 is 0 Å². The van der Waals surface area contributed by atoms with E-state index in [0.29, 0.717) is 33.4 Å². The van der Waals surface area contributed by atoms with Crippen molar-refractivity contribution < 1.29 is 32.3 Å². The third kappa shape index (κ3) is 8.93. The molecule has 2 aromatic carbocycles. The van der Waals surface area contributed by atoms with E-state index in [1.807, 2.05) is 4.90 Å². The largest absolute Gasteiger partial charge is 0.452 e. The van der Waals surface area contributed by atoms with E-state index in [1.165, 1.54) is 6.20 Å². The highest BCUT2D eigenvalue weighted by atomic mass is 19.4. The van der Waals surface area contributed by atoms with E-state index in [4.69, 9.17) is 5.41 Å². The zero-order chi connectivity index (χ0) is 32.6. The lowest BCUT2D eigenvalue weighted by Crippen LogP contribution is -2.53. The summed E-state index contributed by atoms with van der Waals surface area (Å²) < 4.78 is 40.3. The second-order valence-electron chi connectivity index (χ2n) is 11.0. The molecule has 3 amide bonds. The Kier molecular flexibility index (Phi) is 11.0. The molecule has 0 saturated carbocycles. The second-order valence-corrected chi connectivity index (χ2v) is 11.0. The Balaban J connectivity index is 1.42. The number of aromatic nitrogens is 1. The van der Waals surface area contributed by atoms with Crippen molar-refractivity contribution in [2.75, 3.05) is 19.6 Å². The Morgan fingerprint density at radius 2 is 1.64 bits per heavy atom. The van der Waals surface area contributed by atoms with Gasteiger partial charge in [-0.2, -0.15) is 13.2 Å². The van der Waals surface area contributed by atoms with Gasteiger partial charge in [-0.25, -0.2) is 0 Å². The van der Waals surface area contributed by atoms with E-state index in [-0.39, 0.29) is 12.8 Å². The first-order chi connectivity index (χ1) is 21.5. The maximum absolute atomic E-state index is 13.4. The van der Waals surface area contributed by atoms with E-state index in [9.17, 15) is 32.3 Å². The summed E-state index contributed by atoms with van der Waals surface area (Å²) in [4.78, 5) is 55.3. The summed E-state index contributed by atoms with van der Waals surface area (Å²) in [5.41, 5.74) is 2.42. The van der Waals surface area contributed by atoms with Crippen LogP contribution < -0.4 is 16.0 Å². The highest BCUT2D eigenvalue weighted by molar-refractivity contribution is 5.97. The first-order valence-electron chi connectivity index (χ1n) is 14.9. The van der Waals surface area contributed by atoms with Crippen molar-refractivity contribution in [1.82, 2.24) is 25.8 Å². The number of carbonyl (C=O) groups is 4. The number of rotatable bonds is 12. The molecule has 2 heterocycles. The molecule has 5 N–H and O–H groups in total. The molecule has 3 aromatic rings. The number of amides is 3. The Labute approximate surface area is 258 Å². The van der Waals surface area contributed by atoms with Crippen LogP contribution in [0.4, 0.5) is 13.2 Å². The lowest BCUT2D eigenvalue weighted by molar-refractivity contribution is -0.173. The first kappa shape index (κ1) is 33.2. The minimum atomic E-state index is -5.19. The number of nitrogens with one attached hydrogen (secondary N) is 5. The van der Waals surface area contributed by atoms with Crippen LogP contribution >= 0.6 is 0 Å². The van der Waals surface area contributed by atoms with Crippen molar-refractivity contribution in [2.24, 2.45) is 0 Å². The molecule has 1 saturated heterocycles. The zero-order valence-electron chi connectivity index (χ0n) is 24.9. The number of halogens is 3. The molecule has 0 spiro atoms. The number of fused-ring (bicyclic) bond motifs is 1. The van der Waals surface area contributed by atoms with Gasteiger partial charge in [0.2, 0.25) is 17.7 Å². The molecular formula is C32H37F3N6O4. The second kappa shape index (κ2) is 14.9. The molecule has 240 valence electrons. The predicted octanol–water partition coefficient (Wildman–Crippen LogP) is 3.39. The predicted molar refractivity (Wildman–Crippen MR) is 163 cm³/mol. The van der Waals surface area contributed by atoms with Crippen LogP contribution in [0.15, 0.2) is 54.7 Å². The number of carbonyl (C=O) groups excluding carboxylic acids is 4. The highest BCUT2D eigenvalue weighted by Crippen LogP contribution is 2.23. The average Bonchev–Trinajstić information content (AvgIpc) is 3.44. The number of hydrogen-bond donors (Lipinski definition) is 5. The van der Waals surface area contributed by atoms with Crippen LogP contribution in [0.3, 0.4) is 0 Å². The third-order valence-electron chi connectivity index (χ3n) is 7.74. The van der Waals surface area contributed by atoms with E-state index in [2.05, 4.69) is 20.9 Å². The molecule has 10 nitrogen and oxygen atoms in total. The minimum Gasteiger partial charge on any atom is -0.361 e. The number of benzene rings is 2. The Bertz CT molecular complexity index is 1550. The summed E-state index contributed by atoms with van der Waals surface area (Å²) in [5.74, 6) is -3.87. The molecule has 1 aliphatic heterocycles. The maximum Gasteiger partial charge on any atom is 0.452 e. The van der Waals surface area contributed by atoms with Crippen LogP contribution in [-0.2, 0) is 32.0 Å². The average molecular weight is 627 g/mol. The smallest absolute Gasteiger partial charge is 0.361 e. The summed E-state index contributed by atoms with van der Waals surface area (Å²) >= 11 is 0. The fourth-order valence-corrected chi connectivity index (χ4v) is 5.35. The molecule has 1 aliphatic rings. The van der Waals surface area contributed by atoms with Gasteiger partial charge in [-0.05, 0) is 42.5 Å². The molecule has 0 radical (unpaired) electrons. The van der Waals surface area contributed by atoms with Crippen molar-refractivity contribution in [3.8, 4) is 0 Å². The van der Waals surface area contributed by atoms with E-state index < -0.39 is 54.7 Å². The topological polar surface area (TPSA) is 147 Å². The molecule has 0 bridgehead atoms. The van der Waals surface area contributed by atoms with Gasteiger partial charge in [0.25, 0.3) is 5.78 Å². The Hall–Kier alpha value is -4.68. The Morgan fingerprint density at radius 1 is 0.933 bits per heavy atom. The van der Waals surface area contributed by atoms with Crippen LogP contribution in [0.25, 0.3) is 10.9 Å². The summed E-state index contributed by atoms with van der Waals surface area (Å²) in [5, 5.41) is 16.3. The number of alkyl halides is 3. The van der Waals surface area contributed by atoms with Crippen molar-refractivity contribution in [3.05, 3.63) is 71.4 Å². The first-order valence-corrected chi connectivity index (χ1v) is 14.9.